The molecule has 1 heterocycles. The molecule has 0 bridgehead atoms. The highest BCUT2D eigenvalue weighted by Gasteiger charge is 2.38. The van der Waals surface area contributed by atoms with Crippen molar-refractivity contribution in [2.75, 3.05) is 32.3 Å². The molecule has 1 aliphatic heterocycles. The van der Waals surface area contributed by atoms with Crippen molar-refractivity contribution in [2.45, 2.75) is 57.5 Å². The second-order valence-electron chi connectivity index (χ2n) is 9.27. The van der Waals surface area contributed by atoms with Crippen LogP contribution in [0.25, 0.3) is 0 Å². The molecule has 0 spiro atoms. The summed E-state index contributed by atoms with van der Waals surface area (Å²) in [6.07, 6.45) is -11.3. The Morgan fingerprint density at radius 1 is 0.927 bits per heavy atom. The number of alkyl halides is 6. The highest BCUT2D eigenvalue weighted by atomic mass is 19.4. The number of nitrogens with one attached hydrogen (secondary N) is 1. The lowest BCUT2D eigenvalue weighted by molar-refractivity contribution is -0.143. The Balaban J connectivity index is 1.71. The predicted octanol–water partition coefficient (Wildman–Crippen LogP) is 6.90. The van der Waals surface area contributed by atoms with Crippen LogP contribution >= 0.6 is 0 Å². The molecule has 2 aromatic rings. The van der Waals surface area contributed by atoms with E-state index in [9.17, 15) is 35.9 Å². The summed E-state index contributed by atoms with van der Waals surface area (Å²) in [7, 11) is 2.86. The van der Waals surface area contributed by atoms with E-state index in [-0.39, 0.29) is 44.1 Å². The lowest BCUT2D eigenvalue weighted by Gasteiger charge is -2.39. The molecule has 0 unspecified atom stereocenters. The Morgan fingerprint density at radius 2 is 1.51 bits per heavy atom. The van der Waals surface area contributed by atoms with Gasteiger partial charge in [-0.15, -0.1) is 0 Å². The van der Waals surface area contributed by atoms with Gasteiger partial charge in [-0.25, -0.2) is 9.59 Å². The monoisotopic (exact) mass is 592 g/mol. The first-order valence-corrected chi connectivity index (χ1v) is 12.6. The Labute approximate surface area is 232 Å². The molecule has 0 saturated heterocycles. The van der Waals surface area contributed by atoms with Crippen LogP contribution in [0, 0.1) is 0 Å². The first-order chi connectivity index (χ1) is 19.2. The molecule has 1 aliphatic rings. The van der Waals surface area contributed by atoms with Gasteiger partial charge < -0.3 is 24.3 Å². The van der Waals surface area contributed by atoms with Crippen molar-refractivity contribution >= 4 is 17.9 Å². The molecule has 41 heavy (non-hydrogen) atoms. The summed E-state index contributed by atoms with van der Waals surface area (Å²) in [5.41, 5.74) is -2.05. The third kappa shape index (κ3) is 7.67. The Morgan fingerprint density at radius 3 is 2.05 bits per heavy atom. The Bertz CT molecular complexity index is 1220. The summed E-state index contributed by atoms with van der Waals surface area (Å²) in [5, 5.41) is 2.71. The van der Waals surface area contributed by atoms with Gasteiger partial charge in [-0.05, 0) is 62.9 Å². The summed E-state index contributed by atoms with van der Waals surface area (Å²) in [4.78, 5) is 26.7. The number of aryl methyl sites for hydroxylation is 1. The standard InChI is InChI=1S/C27H30F6N2O6/c1-5-40-25(37)35-15(2)9-20(19-13-22(38-3)23(39-4)14-21(19)35)34-24(36)41-8-6-7-16-10-17(26(28,29)30)12-18(11-16)27(31,32)33/h10-15,20H,5-9H2,1-4H3,(H,34,36)/t15-,20+/m1/s1. The third-order valence-electron chi connectivity index (χ3n) is 6.43. The molecule has 2 atom stereocenters. The highest BCUT2D eigenvalue weighted by Crippen LogP contribution is 2.44. The number of anilines is 1. The van der Waals surface area contributed by atoms with E-state index in [4.69, 9.17) is 18.9 Å². The minimum Gasteiger partial charge on any atom is -0.493 e. The number of ether oxygens (including phenoxy) is 4. The molecule has 2 aromatic carbocycles. The average molecular weight is 593 g/mol. The average Bonchev–Trinajstić information content (AvgIpc) is 2.89. The molecular formula is C27H30F6N2O6. The molecule has 0 fully saturated rings. The summed E-state index contributed by atoms with van der Waals surface area (Å²) >= 11 is 0. The maximum atomic E-state index is 13.1. The molecule has 2 amide bonds. The van der Waals surface area contributed by atoms with Crippen molar-refractivity contribution in [3.63, 3.8) is 0 Å². The lowest BCUT2D eigenvalue weighted by Crippen LogP contribution is -2.46. The SMILES string of the molecule is CCOC(=O)N1c2cc(OC)c(OC)cc2[C@@H](NC(=O)OCCCc2cc(C(F)(F)F)cc(C(F)(F)F)c2)C[C@H]1C. The van der Waals surface area contributed by atoms with Crippen LogP contribution in [0.3, 0.4) is 0 Å². The van der Waals surface area contributed by atoms with E-state index in [1.54, 1.807) is 26.0 Å². The van der Waals surface area contributed by atoms with Crippen molar-refractivity contribution in [3.8, 4) is 11.5 Å². The molecule has 0 aliphatic carbocycles. The van der Waals surface area contributed by atoms with Crippen LogP contribution in [0.2, 0.25) is 0 Å². The molecule has 226 valence electrons. The number of alkyl carbamates (subject to hydrolysis) is 1. The van der Waals surface area contributed by atoms with E-state index in [0.717, 1.165) is 0 Å². The van der Waals surface area contributed by atoms with Crippen molar-refractivity contribution < 1.29 is 54.9 Å². The zero-order valence-corrected chi connectivity index (χ0v) is 22.7. The molecule has 1 N–H and O–H groups in total. The van der Waals surface area contributed by atoms with Crippen LogP contribution in [-0.2, 0) is 28.2 Å². The van der Waals surface area contributed by atoms with Crippen molar-refractivity contribution in [1.29, 1.82) is 0 Å². The van der Waals surface area contributed by atoms with Gasteiger partial charge in [0, 0.05) is 17.7 Å². The van der Waals surface area contributed by atoms with Gasteiger partial charge in [0.25, 0.3) is 0 Å². The molecule has 8 nitrogen and oxygen atoms in total. The van der Waals surface area contributed by atoms with E-state index in [1.807, 2.05) is 0 Å². The first kappa shape index (κ1) is 31.7. The van der Waals surface area contributed by atoms with Crippen LogP contribution in [0.15, 0.2) is 30.3 Å². The molecule has 14 heteroatoms. The number of carbonyl (C=O) groups is 2. The molecule has 0 radical (unpaired) electrons. The number of methoxy groups -OCH3 is 2. The normalized spacial score (nSPS) is 17.0. The second-order valence-corrected chi connectivity index (χ2v) is 9.27. The van der Waals surface area contributed by atoms with Crippen LogP contribution in [-0.4, -0.2) is 45.7 Å². The molecule has 3 rings (SSSR count). The van der Waals surface area contributed by atoms with E-state index < -0.39 is 47.7 Å². The minimum atomic E-state index is -4.95. The Kier molecular flexibility index (Phi) is 9.87. The van der Waals surface area contributed by atoms with Crippen LogP contribution in [0.4, 0.5) is 41.6 Å². The zero-order chi connectivity index (χ0) is 30.5. The summed E-state index contributed by atoms with van der Waals surface area (Å²) < 4.78 is 99.6. The fourth-order valence-electron chi connectivity index (χ4n) is 4.58. The van der Waals surface area contributed by atoms with Crippen molar-refractivity contribution in [1.82, 2.24) is 5.32 Å². The molecule has 0 saturated carbocycles. The van der Waals surface area contributed by atoms with Gasteiger partial charge in [-0.3, -0.25) is 4.90 Å². The van der Waals surface area contributed by atoms with Gasteiger partial charge in [-0.1, -0.05) is 0 Å². The van der Waals surface area contributed by atoms with E-state index in [1.165, 1.54) is 19.1 Å². The number of amides is 2. The van der Waals surface area contributed by atoms with E-state index in [2.05, 4.69) is 5.32 Å². The number of hydrogen-bond acceptors (Lipinski definition) is 6. The minimum absolute atomic E-state index is 0.0225. The summed E-state index contributed by atoms with van der Waals surface area (Å²) in [6.45, 7) is 3.32. The quantitative estimate of drug-likeness (QED) is 0.265. The van der Waals surface area contributed by atoms with E-state index in [0.29, 0.717) is 34.9 Å². The van der Waals surface area contributed by atoms with Gasteiger partial charge in [0.2, 0.25) is 0 Å². The van der Waals surface area contributed by atoms with Gasteiger partial charge in [-0.2, -0.15) is 26.3 Å². The summed E-state index contributed by atoms with van der Waals surface area (Å²) in [6, 6.07) is 3.52. The first-order valence-electron chi connectivity index (χ1n) is 12.6. The zero-order valence-electron chi connectivity index (χ0n) is 22.7. The van der Waals surface area contributed by atoms with E-state index >= 15 is 0 Å². The van der Waals surface area contributed by atoms with Gasteiger partial charge in [0.15, 0.2) is 11.5 Å². The van der Waals surface area contributed by atoms with Crippen LogP contribution < -0.4 is 19.7 Å². The number of carbonyl (C=O) groups excluding carboxylic acids is 2. The highest BCUT2D eigenvalue weighted by molar-refractivity contribution is 5.91. The third-order valence-corrected chi connectivity index (χ3v) is 6.43. The van der Waals surface area contributed by atoms with Crippen molar-refractivity contribution in [3.05, 3.63) is 52.6 Å². The topological polar surface area (TPSA) is 86.3 Å². The number of rotatable bonds is 8. The fraction of sp³-hybridized carbons (Fsp3) is 0.481. The number of hydrogen-bond donors (Lipinski definition) is 1. The second kappa shape index (κ2) is 12.8. The lowest BCUT2D eigenvalue weighted by atomic mass is 9.91. The van der Waals surface area contributed by atoms with Gasteiger partial charge >= 0.3 is 24.5 Å². The maximum absolute atomic E-state index is 13.1. The molecular weight excluding hydrogens is 562 g/mol. The summed E-state index contributed by atoms with van der Waals surface area (Å²) in [5.74, 6) is 0.698. The van der Waals surface area contributed by atoms with Gasteiger partial charge in [0.1, 0.15) is 0 Å². The number of fused-ring (bicyclic) bond motifs is 1. The smallest absolute Gasteiger partial charge is 0.416 e. The van der Waals surface area contributed by atoms with Gasteiger partial charge in [0.05, 0.1) is 50.3 Å². The largest absolute Gasteiger partial charge is 0.493 e. The van der Waals surface area contributed by atoms with Crippen molar-refractivity contribution in [2.24, 2.45) is 0 Å². The number of halogens is 6. The van der Waals surface area contributed by atoms with Crippen LogP contribution in [0.5, 0.6) is 11.5 Å². The molecule has 0 aromatic heterocycles. The number of benzene rings is 2. The Hall–Kier alpha value is -3.84. The fourth-order valence-corrected chi connectivity index (χ4v) is 4.58. The van der Waals surface area contributed by atoms with Crippen LogP contribution in [0.1, 0.15) is 55.0 Å². The predicted molar refractivity (Wildman–Crippen MR) is 135 cm³/mol. The maximum Gasteiger partial charge on any atom is 0.416 e. The number of nitrogens with zero attached hydrogens (tertiary/aromatic N) is 1.